The lowest BCUT2D eigenvalue weighted by Gasteiger charge is -2.12. The zero-order valence-electron chi connectivity index (χ0n) is 8.86. The molecule has 0 aliphatic rings. The lowest BCUT2D eigenvalue weighted by molar-refractivity contribution is 0.191. The Balaban J connectivity index is 2.64. The quantitative estimate of drug-likeness (QED) is 0.730. The molecule has 0 saturated heterocycles. The number of ether oxygens (including phenoxy) is 1. The SMILES string of the molecule is CCCCOc1ccccc1C(C)O. The molecule has 14 heavy (non-hydrogen) atoms. The fraction of sp³-hybridized carbons (Fsp3) is 0.500. The first kappa shape index (κ1) is 11.1. The number of aliphatic hydroxyl groups excluding tert-OH is 1. The molecule has 0 spiro atoms. The molecule has 0 heterocycles. The molecular formula is C12H18O2. The summed E-state index contributed by atoms with van der Waals surface area (Å²) in [6.45, 7) is 4.60. The van der Waals surface area contributed by atoms with Crippen LogP contribution in [-0.2, 0) is 0 Å². The second-order valence-corrected chi connectivity index (χ2v) is 3.42. The van der Waals surface area contributed by atoms with Crippen molar-refractivity contribution < 1.29 is 9.84 Å². The molecule has 78 valence electrons. The van der Waals surface area contributed by atoms with Crippen LogP contribution in [0.5, 0.6) is 5.75 Å². The van der Waals surface area contributed by atoms with Crippen molar-refractivity contribution in [3.8, 4) is 5.75 Å². The molecule has 1 atom stereocenters. The van der Waals surface area contributed by atoms with E-state index in [-0.39, 0.29) is 0 Å². The summed E-state index contributed by atoms with van der Waals surface area (Å²) < 4.78 is 5.58. The van der Waals surface area contributed by atoms with E-state index in [1.54, 1.807) is 6.92 Å². The van der Waals surface area contributed by atoms with Crippen LogP contribution in [0.4, 0.5) is 0 Å². The summed E-state index contributed by atoms with van der Waals surface area (Å²) in [5.74, 6) is 0.802. The van der Waals surface area contributed by atoms with Gasteiger partial charge in [-0.3, -0.25) is 0 Å². The van der Waals surface area contributed by atoms with Crippen LogP contribution < -0.4 is 4.74 Å². The second kappa shape index (κ2) is 5.66. The maximum atomic E-state index is 9.48. The third-order valence-electron chi connectivity index (χ3n) is 2.12. The van der Waals surface area contributed by atoms with Crippen molar-refractivity contribution in [1.82, 2.24) is 0 Å². The van der Waals surface area contributed by atoms with Crippen LogP contribution in [0.15, 0.2) is 24.3 Å². The Labute approximate surface area is 85.5 Å². The minimum Gasteiger partial charge on any atom is -0.493 e. The van der Waals surface area contributed by atoms with E-state index in [0.29, 0.717) is 0 Å². The van der Waals surface area contributed by atoms with E-state index in [9.17, 15) is 5.11 Å². The Hall–Kier alpha value is -1.02. The lowest BCUT2D eigenvalue weighted by Crippen LogP contribution is -2.01. The third kappa shape index (κ3) is 3.04. The van der Waals surface area contributed by atoms with Crippen molar-refractivity contribution in [2.75, 3.05) is 6.61 Å². The Morgan fingerprint density at radius 3 is 2.71 bits per heavy atom. The van der Waals surface area contributed by atoms with Gasteiger partial charge in [-0.05, 0) is 19.4 Å². The molecule has 0 amide bonds. The summed E-state index contributed by atoms with van der Waals surface area (Å²) in [6, 6.07) is 7.63. The van der Waals surface area contributed by atoms with Crippen LogP contribution in [0.3, 0.4) is 0 Å². The van der Waals surface area contributed by atoms with Gasteiger partial charge in [0.25, 0.3) is 0 Å². The number of para-hydroxylation sites is 1. The van der Waals surface area contributed by atoms with Crippen LogP contribution >= 0.6 is 0 Å². The molecule has 1 aromatic rings. The van der Waals surface area contributed by atoms with Gasteiger partial charge >= 0.3 is 0 Å². The highest BCUT2D eigenvalue weighted by molar-refractivity contribution is 5.34. The number of rotatable bonds is 5. The molecule has 2 nitrogen and oxygen atoms in total. The van der Waals surface area contributed by atoms with E-state index in [4.69, 9.17) is 4.74 Å². The van der Waals surface area contributed by atoms with E-state index < -0.39 is 6.10 Å². The summed E-state index contributed by atoms with van der Waals surface area (Å²) in [5, 5.41) is 9.48. The predicted octanol–water partition coefficient (Wildman–Crippen LogP) is 2.92. The molecule has 1 unspecified atom stereocenters. The molecule has 1 N–H and O–H groups in total. The molecule has 0 fully saturated rings. The average Bonchev–Trinajstić information content (AvgIpc) is 2.19. The molecule has 0 radical (unpaired) electrons. The molecule has 1 aromatic carbocycles. The fourth-order valence-electron chi connectivity index (χ4n) is 1.28. The smallest absolute Gasteiger partial charge is 0.125 e. The van der Waals surface area contributed by atoms with Crippen LogP contribution in [0.1, 0.15) is 38.4 Å². The number of aliphatic hydroxyl groups is 1. The van der Waals surface area contributed by atoms with Crippen molar-refractivity contribution in [2.45, 2.75) is 32.8 Å². The molecule has 0 aliphatic carbocycles. The highest BCUT2D eigenvalue weighted by atomic mass is 16.5. The van der Waals surface area contributed by atoms with Crippen molar-refractivity contribution in [3.05, 3.63) is 29.8 Å². The second-order valence-electron chi connectivity index (χ2n) is 3.42. The average molecular weight is 194 g/mol. The molecule has 2 heteroatoms. The zero-order chi connectivity index (χ0) is 10.4. The van der Waals surface area contributed by atoms with Crippen LogP contribution in [0.25, 0.3) is 0 Å². The topological polar surface area (TPSA) is 29.5 Å². The van der Waals surface area contributed by atoms with Gasteiger partial charge in [-0.25, -0.2) is 0 Å². The highest BCUT2D eigenvalue weighted by Crippen LogP contribution is 2.24. The van der Waals surface area contributed by atoms with Crippen molar-refractivity contribution in [1.29, 1.82) is 0 Å². The maximum Gasteiger partial charge on any atom is 0.125 e. The molecule has 0 bridgehead atoms. The lowest BCUT2D eigenvalue weighted by atomic mass is 10.1. The van der Waals surface area contributed by atoms with Gasteiger partial charge in [0.05, 0.1) is 12.7 Å². The zero-order valence-corrected chi connectivity index (χ0v) is 8.86. The maximum absolute atomic E-state index is 9.48. The molecule has 1 rings (SSSR count). The van der Waals surface area contributed by atoms with E-state index >= 15 is 0 Å². The summed E-state index contributed by atoms with van der Waals surface area (Å²) in [4.78, 5) is 0. The largest absolute Gasteiger partial charge is 0.493 e. The number of unbranched alkanes of at least 4 members (excludes halogenated alkanes) is 1. The van der Waals surface area contributed by atoms with E-state index in [0.717, 1.165) is 30.8 Å². The van der Waals surface area contributed by atoms with Gasteiger partial charge in [-0.1, -0.05) is 31.5 Å². The molecule has 0 aliphatic heterocycles. The Kier molecular flexibility index (Phi) is 4.47. The van der Waals surface area contributed by atoms with Gasteiger partial charge in [0.15, 0.2) is 0 Å². The van der Waals surface area contributed by atoms with E-state index in [1.807, 2.05) is 24.3 Å². The summed E-state index contributed by atoms with van der Waals surface area (Å²) in [6.07, 6.45) is 1.71. The minimum atomic E-state index is -0.465. The first-order valence-electron chi connectivity index (χ1n) is 5.15. The first-order valence-corrected chi connectivity index (χ1v) is 5.15. The minimum absolute atomic E-state index is 0.465. The molecular weight excluding hydrogens is 176 g/mol. The summed E-state index contributed by atoms with van der Waals surface area (Å²) in [7, 11) is 0. The van der Waals surface area contributed by atoms with Gasteiger partial charge in [-0.2, -0.15) is 0 Å². The fourth-order valence-corrected chi connectivity index (χ4v) is 1.28. The molecule has 0 aromatic heterocycles. The molecule has 0 saturated carbocycles. The third-order valence-corrected chi connectivity index (χ3v) is 2.12. The van der Waals surface area contributed by atoms with Gasteiger partial charge < -0.3 is 9.84 Å². The van der Waals surface area contributed by atoms with Crippen LogP contribution in [0, 0.1) is 0 Å². The number of benzene rings is 1. The van der Waals surface area contributed by atoms with Crippen molar-refractivity contribution in [2.24, 2.45) is 0 Å². The van der Waals surface area contributed by atoms with E-state index in [1.165, 1.54) is 0 Å². The monoisotopic (exact) mass is 194 g/mol. The van der Waals surface area contributed by atoms with E-state index in [2.05, 4.69) is 6.92 Å². The summed E-state index contributed by atoms with van der Waals surface area (Å²) >= 11 is 0. The van der Waals surface area contributed by atoms with Gasteiger partial charge in [0.2, 0.25) is 0 Å². The standard InChI is InChI=1S/C12H18O2/c1-3-4-9-14-12-8-6-5-7-11(12)10(2)13/h5-8,10,13H,3-4,9H2,1-2H3. The Bertz CT molecular complexity index is 269. The Morgan fingerprint density at radius 2 is 2.07 bits per heavy atom. The predicted molar refractivity (Wildman–Crippen MR) is 57.5 cm³/mol. The van der Waals surface area contributed by atoms with Crippen molar-refractivity contribution >= 4 is 0 Å². The van der Waals surface area contributed by atoms with Crippen molar-refractivity contribution in [3.63, 3.8) is 0 Å². The summed E-state index contributed by atoms with van der Waals surface area (Å²) in [5.41, 5.74) is 0.864. The highest BCUT2D eigenvalue weighted by Gasteiger charge is 2.07. The van der Waals surface area contributed by atoms with Gasteiger partial charge in [0.1, 0.15) is 5.75 Å². The van der Waals surface area contributed by atoms with Gasteiger partial charge in [0, 0.05) is 5.56 Å². The number of hydrogen-bond donors (Lipinski definition) is 1. The number of hydrogen-bond acceptors (Lipinski definition) is 2. The van der Waals surface area contributed by atoms with Crippen LogP contribution in [0.2, 0.25) is 0 Å². The first-order chi connectivity index (χ1) is 6.75. The van der Waals surface area contributed by atoms with Gasteiger partial charge in [-0.15, -0.1) is 0 Å². The van der Waals surface area contributed by atoms with Crippen LogP contribution in [-0.4, -0.2) is 11.7 Å². The Morgan fingerprint density at radius 1 is 1.36 bits per heavy atom. The normalized spacial score (nSPS) is 12.5.